The van der Waals surface area contributed by atoms with Crippen molar-refractivity contribution in [1.82, 2.24) is 10.2 Å². The number of halogens is 1. The molecule has 0 aliphatic carbocycles. The van der Waals surface area contributed by atoms with Gasteiger partial charge >= 0.3 is 0 Å². The van der Waals surface area contributed by atoms with E-state index in [4.69, 9.17) is 11.6 Å². The molecule has 2 atom stereocenters. The van der Waals surface area contributed by atoms with Crippen molar-refractivity contribution < 1.29 is 0 Å². The van der Waals surface area contributed by atoms with Gasteiger partial charge in [-0.2, -0.15) is 0 Å². The van der Waals surface area contributed by atoms with Gasteiger partial charge in [-0.25, -0.2) is 0 Å². The first kappa shape index (κ1) is 16.5. The topological polar surface area (TPSA) is 15.3 Å². The summed E-state index contributed by atoms with van der Waals surface area (Å²) in [7, 11) is 2.20. The third kappa shape index (κ3) is 5.13. The van der Waals surface area contributed by atoms with Crippen LogP contribution in [0.4, 0.5) is 0 Å². The van der Waals surface area contributed by atoms with E-state index >= 15 is 0 Å². The van der Waals surface area contributed by atoms with E-state index in [1.165, 1.54) is 12.0 Å². The molecule has 2 unspecified atom stereocenters. The van der Waals surface area contributed by atoms with Gasteiger partial charge in [-0.05, 0) is 51.5 Å². The summed E-state index contributed by atoms with van der Waals surface area (Å²) >= 11 is 6.31. The normalized spacial score (nSPS) is 14.6. The number of benzene rings is 1. The van der Waals surface area contributed by atoms with Crippen molar-refractivity contribution in [2.24, 2.45) is 0 Å². The fraction of sp³-hybridized carbons (Fsp3) is 0.625. The summed E-state index contributed by atoms with van der Waals surface area (Å²) in [6, 6.07) is 9.11. The maximum Gasteiger partial charge on any atom is 0.0453 e. The highest BCUT2D eigenvalue weighted by Gasteiger charge is 2.15. The van der Waals surface area contributed by atoms with E-state index in [0.29, 0.717) is 12.1 Å². The van der Waals surface area contributed by atoms with Crippen molar-refractivity contribution in [2.45, 2.75) is 45.7 Å². The Morgan fingerprint density at radius 1 is 1.26 bits per heavy atom. The Labute approximate surface area is 123 Å². The molecule has 1 aromatic carbocycles. The van der Waals surface area contributed by atoms with Crippen LogP contribution >= 0.6 is 11.6 Å². The number of hydrogen-bond donors (Lipinski definition) is 1. The number of nitrogens with one attached hydrogen (secondary N) is 1. The maximum atomic E-state index is 6.31. The van der Waals surface area contributed by atoms with E-state index in [2.05, 4.69) is 50.2 Å². The van der Waals surface area contributed by atoms with E-state index < -0.39 is 0 Å². The Hall–Kier alpha value is -0.570. The smallest absolute Gasteiger partial charge is 0.0453 e. The molecule has 0 bridgehead atoms. The van der Waals surface area contributed by atoms with Gasteiger partial charge in [-0.15, -0.1) is 0 Å². The highest BCUT2D eigenvalue weighted by molar-refractivity contribution is 6.31. The zero-order valence-corrected chi connectivity index (χ0v) is 13.4. The molecule has 19 heavy (non-hydrogen) atoms. The first-order valence-electron chi connectivity index (χ1n) is 7.28. The van der Waals surface area contributed by atoms with Crippen LogP contribution in [0.2, 0.25) is 5.02 Å². The second-order valence-corrected chi connectivity index (χ2v) is 5.57. The van der Waals surface area contributed by atoms with E-state index in [9.17, 15) is 0 Å². The Kier molecular flexibility index (Phi) is 7.44. The number of rotatable bonds is 8. The molecule has 0 saturated carbocycles. The molecular formula is C16H27ClN2. The minimum atomic E-state index is 0.338. The summed E-state index contributed by atoms with van der Waals surface area (Å²) in [4.78, 5) is 2.42. The molecule has 0 radical (unpaired) electrons. The van der Waals surface area contributed by atoms with Crippen molar-refractivity contribution in [1.29, 1.82) is 0 Å². The van der Waals surface area contributed by atoms with Crippen LogP contribution < -0.4 is 5.32 Å². The molecule has 1 aromatic rings. The Morgan fingerprint density at radius 2 is 1.95 bits per heavy atom. The molecule has 0 heterocycles. The first-order chi connectivity index (χ1) is 9.10. The van der Waals surface area contributed by atoms with Gasteiger partial charge in [0, 0.05) is 17.1 Å². The summed E-state index contributed by atoms with van der Waals surface area (Å²) in [5.41, 5.74) is 1.21. The Balaban J connectivity index is 2.66. The van der Waals surface area contributed by atoms with Gasteiger partial charge in [0.05, 0.1) is 0 Å². The van der Waals surface area contributed by atoms with Crippen LogP contribution in [-0.2, 0) is 0 Å². The van der Waals surface area contributed by atoms with Gasteiger partial charge in [0.15, 0.2) is 0 Å². The molecule has 0 fully saturated rings. The van der Waals surface area contributed by atoms with Crippen LogP contribution in [-0.4, -0.2) is 31.1 Å². The fourth-order valence-electron chi connectivity index (χ4n) is 2.24. The van der Waals surface area contributed by atoms with E-state index in [1.807, 2.05) is 12.1 Å². The van der Waals surface area contributed by atoms with Crippen LogP contribution in [0.1, 0.15) is 45.2 Å². The number of nitrogens with zero attached hydrogens (tertiary/aromatic N) is 1. The van der Waals surface area contributed by atoms with E-state index in [0.717, 1.165) is 24.5 Å². The van der Waals surface area contributed by atoms with Crippen LogP contribution in [0.5, 0.6) is 0 Å². The lowest BCUT2D eigenvalue weighted by Gasteiger charge is -2.27. The van der Waals surface area contributed by atoms with Crippen LogP contribution in [0, 0.1) is 0 Å². The second kappa shape index (κ2) is 8.57. The molecule has 0 saturated heterocycles. The quantitative estimate of drug-likeness (QED) is 0.772. The van der Waals surface area contributed by atoms with Crippen molar-refractivity contribution >= 4 is 11.6 Å². The molecule has 0 aliphatic heterocycles. The summed E-state index contributed by atoms with van der Waals surface area (Å²) < 4.78 is 0. The van der Waals surface area contributed by atoms with Crippen LogP contribution in [0.25, 0.3) is 0 Å². The van der Waals surface area contributed by atoms with Crippen LogP contribution in [0.3, 0.4) is 0 Å². The average Bonchev–Trinajstić information content (AvgIpc) is 2.43. The van der Waals surface area contributed by atoms with Gasteiger partial charge in [0.2, 0.25) is 0 Å². The molecule has 0 spiro atoms. The van der Waals surface area contributed by atoms with E-state index in [1.54, 1.807) is 0 Å². The molecular weight excluding hydrogens is 256 g/mol. The van der Waals surface area contributed by atoms with Gasteiger partial charge in [-0.1, -0.05) is 43.6 Å². The highest BCUT2D eigenvalue weighted by atomic mass is 35.5. The lowest BCUT2D eigenvalue weighted by molar-refractivity contribution is 0.238. The minimum absolute atomic E-state index is 0.338. The molecule has 0 amide bonds. The molecule has 0 aromatic heterocycles. The van der Waals surface area contributed by atoms with Gasteiger partial charge in [0.25, 0.3) is 0 Å². The zero-order valence-electron chi connectivity index (χ0n) is 12.6. The third-order valence-corrected chi connectivity index (χ3v) is 4.19. The Bertz CT molecular complexity index is 368. The SMILES string of the molecule is CCNC(CCN(C)C(C)CC)c1ccccc1Cl. The molecule has 1 rings (SSSR count). The predicted molar refractivity (Wildman–Crippen MR) is 84.9 cm³/mol. The standard InChI is InChI=1S/C16H27ClN2/c1-5-13(3)19(4)12-11-16(18-6-2)14-9-7-8-10-15(14)17/h7-10,13,16,18H,5-6,11-12H2,1-4H3. The van der Waals surface area contributed by atoms with E-state index in [-0.39, 0.29) is 0 Å². The first-order valence-corrected chi connectivity index (χ1v) is 7.65. The van der Waals surface area contributed by atoms with Gasteiger partial charge in [0.1, 0.15) is 0 Å². The average molecular weight is 283 g/mol. The largest absolute Gasteiger partial charge is 0.310 e. The van der Waals surface area contributed by atoms with Crippen molar-refractivity contribution in [2.75, 3.05) is 20.1 Å². The highest BCUT2D eigenvalue weighted by Crippen LogP contribution is 2.25. The molecule has 0 aliphatic rings. The second-order valence-electron chi connectivity index (χ2n) is 5.16. The molecule has 3 heteroatoms. The van der Waals surface area contributed by atoms with Gasteiger partial charge in [-0.3, -0.25) is 0 Å². The molecule has 1 N–H and O–H groups in total. The van der Waals surface area contributed by atoms with Crippen molar-refractivity contribution in [3.63, 3.8) is 0 Å². The molecule has 108 valence electrons. The van der Waals surface area contributed by atoms with Crippen molar-refractivity contribution in [3.8, 4) is 0 Å². The number of hydrogen-bond acceptors (Lipinski definition) is 2. The predicted octanol–water partition coefficient (Wildman–Crippen LogP) is 4.11. The zero-order chi connectivity index (χ0) is 14.3. The summed E-state index contributed by atoms with van der Waals surface area (Å²) in [6.45, 7) is 8.69. The summed E-state index contributed by atoms with van der Waals surface area (Å²) in [5, 5.41) is 4.40. The monoisotopic (exact) mass is 282 g/mol. The van der Waals surface area contributed by atoms with Gasteiger partial charge < -0.3 is 10.2 Å². The lowest BCUT2D eigenvalue weighted by Crippen LogP contribution is -2.32. The lowest BCUT2D eigenvalue weighted by atomic mass is 10.0. The minimum Gasteiger partial charge on any atom is -0.310 e. The Morgan fingerprint density at radius 3 is 2.53 bits per heavy atom. The fourth-order valence-corrected chi connectivity index (χ4v) is 2.50. The summed E-state index contributed by atoms with van der Waals surface area (Å²) in [6.07, 6.45) is 2.27. The molecule has 2 nitrogen and oxygen atoms in total. The van der Waals surface area contributed by atoms with Crippen molar-refractivity contribution in [3.05, 3.63) is 34.9 Å². The summed E-state index contributed by atoms with van der Waals surface area (Å²) in [5.74, 6) is 0. The third-order valence-electron chi connectivity index (χ3n) is 3.84. The maximum absolute atomic E-state index is 6.31. The van der Waals surface area contributed by atoms with Crippen LogP contribution in [0.15, 0.2) is 24.3 Å².